The molecule has 1 saturated carbocycles. The summed E-state index contributed by atoms with van der Waals surface area (Å²) in [5.74, 6) is 0.551. The number of H-pyrrole nitrogens is 1. The molecule has 192 valence electrons. The van der Waals surface area contributed by atoms with Gasteiger partial charge in [-0.3, -0.25) is 4.98 Å². The van der Waals surface area contributed by atoms with Gasteiger partial charge in [-0.25, -0.2) is 15.0 Å². The van der Waals surface area contributed by atoms with Gasteiger partial charge < -0.3 is 20.1 Å². The van der Waals surface area contributed by atoms with Crippen molar-refractivity contribution in [1.82, 2.24) is 24.8 Å². The number of likely N-dealkylation sites (N-methyl/N-ethyl adjacent to an activating group) is 1. The largest absolute Gasteiger partial charge is 0.368 e. The number of fused-ring (bicyclic) bond motifs is 2. The summed E-state index contributed by atoms with van der Waals surface area (Å²) in [6.07, 6.45) is 10.6. The third kappa shape index (κ3) is 4.15. The summed E-state index contributed by atoms with van der Waals surface area (Å²) in [4.78, 5) is 27.2. The molecule has 4 aromatic heterocycles. The second-order valence-electron chi connectivity index (χ2n) is 10.7. The van der Waals surface area contributed by atoms with Crippen LogP contribution in [-0.4, -0.2) is 58.1 Å². The summed E-state index contributed by atoms with van der Waals surface area (Å²) in [6, 6.07) is 10.5. The van der Waals surface area contributed by atoms with E-state index < -0.39 is 0 Å². The average molecular weight is 505 g/mol. The monoisotopic (exact) mass is 504 g/mol. The van der Waals surface area contributed by atoms with Gasteiger partial charge in [-0.1, -0.05) is 19.4 Å². The first kappa shape index (κ1) is 23.1. The van der Waals surface area contributed by atoms with Gasteiger partial charge in [0.2, 0.25) is 0 Å². The summed E-state index contributed by atoms with van der Waals surface area (Å²) in [7, 11) is 2.18. The van der Waals surface area contributed by atoms with Crippen LogP contribution in [0.1, 0.15) is 31.4 Å². The molecule has 0 aromatic carbocycles. The molecular formula is C30H32N8. The van der Waals surface area contributed by atoms with E-state index >= 15 is 0 Å². The van der Waals surface area contributed by atoms with Crippen molar-refractivity contribution in [3.8, 4) is 11.3 Å². The van der Waals surface area contributed by atoms with Crippen molar-refractivity contribution >= 4 is 28.1 Å². The van der Waals surface area contributed by atoms with Crippen LogP contribution >= 0.6 is 0 Å². The van der Waals surface area contributed by atoms with Gasteiger partial charge in [0, 0.05) is 60.9 Å². The second kappa shape index (κ2) is 9.36. The number of piperazine rings is 1. The number of anilines is 2. The zero-order valence-electron chi connectivity index (χ0n) is 21.7. The number of hydrogen-bond donors (Lipinski definition) is 2. The number of nitrogens with one attached hydrogen (secondary N) is 2. The summed E-state index contributed by atoms with van der Waals surface area (Å²) >= 11 is 0. The minimum atomic E-state index is 0.551. The zero-order chi connectivity index (χ0) is 25.6. The van der Waals surface area contributed by atoms with E-state index in [-0.39, 0.29) is 0 Å². The predicted octanol–water partition coefficient (Wildman–Crippen LogP) is 3.68. The smallest absolute Gasteiger partial charge is 0.139 e. The van der Waals surface area contributed by atoms with E-state index in [1.165, 1.54) is 31.4 Å². The lowest BCUT2D eigenvalue weighted by atomic mass is 10.0. The Morgan fingerprint density at radius 2 is 1.89 bits per heavy atom. The number of allylic oxidation sites excluding steroid dienone is 1. The van der Waals surface area contributed by atoms with E-state index in [2.05, 4.69) is 61.9 Å². The lowest BCUT2D eigenvalue weighted by Gasteiger charge is -2.34. The molecule has 2 aliphatic heterocycles. The van der Waals surface area contributed by atoms with E-state index in [0.717, 1.165) is 82.0 Å². The molecule has 0 spiro atoms. The molecule has 2 fully saturated rings. The number of aromatic nitrogens is 4. The number of rotatable bonds is 6. The van der Waals surface area contributed by atoms with Crippen molar-refractivity contribution < 1.29 is 0 Å². The first-order valence-corrected chi connectivity index (χ1v) is 13.6. The third-order valence-electron chi connectivity index (χ3n) is 8.13. The number of aromatic amines is 1. The highest BCUT2D eigenvalue weighted by Gasteiger charge is 2.21. The summed E-state index contributed by atoms with van der Waals surface area (Å²) < 4.78 is 0. The topological polar surface area (TPSA) is 85.3 Å². The Morgan fingerprint density at radius 1 is 1.05 bits per heavy atom. The molecule has 7 rings (SSSR count). The van der Waals surface area contributed by atoms with Crippen molar-refractivity contribution in [2.75, 3.05) is 43.4 Å². The molecule has 8 heteroatoms. The first-order chi connectivity index (χ1) is 18.6. The van der Waals surface area contributed by atoms with Crippen molar-refractivity contribution in [2.24, 2.45) is 10.9 Å². The van der Waals surface area contributed by atoms with Crippen molar-refractivity contribution in [2.45, 2.75) is 25.7 Å². The Kier molecular flexibility index (Phi) is 5.69. The van der Waals surface area contributed by atoms with Crippen LogP contribution in [0.25, 0.3) is 28.0 Å². The molecule has 8 nitrogen and oxygen atoms in total. The maximum absolute atomic E-state index is 5.00. The normalized spacial score (nSPS) is 17.8. The molecule has 0 atom stereocenters. The Morgan fingerprint density at radius 3 is 2.74 bits per heavy atom. The highest BCUT2D eigenvalue weighted by molar-refractivity contribution is 5.93. The molecule has 3 aliphatic rings. The average Bonchev–Trinajstić information content (AvgIpc) is 3.61. The lowest BCUT2D eigenvalue weighted by Crippen LogP contribution is -2.44. The quantitative estimate of drug-likeness (QED) is 0.417. The zero-order valence-corrected chi connectivity index (χ0v) is 21.7. The molecule has 0 bridgehead atoms. The minimum absolute atomic E-state index is 0.551. The first-order valence-electron chi connectivity index (χ1n) is 13.6. The molecule has 4 aromatic rings. The number of nitrogens with zero attached hydrogens (tertiary/aromatic N) is 6. The number of pyridine rings is 3. The summed E-state index contributed by atoms with van der Waals surface area (Å²) in [5.41, 5.74) is 7.83. The highest BCUT2D eigenvalue weighted by atomic mass is 15.2. The molecule has 6 heterocycles. The molecule has 0 radical (unpaired) electrons. The van der Waals surface area contributed by atoms with E-state index in [9.17, 15) is 0 Å². The van der Waals surface area contributed by atoms with Gasteiger partial charge in [-0.15, -0.1) is 0 Å². The summed E-state index contributed by atoms with van der Waals surface area (Å²) in [5, 5.41) is 6.44. The van der Waals surface area contributed by atoms with Crippen LogP contribution in [0, 0.1) is 5.92 Å². The van der Waals surface area contributed by atoms with Crippen LogP contribution in [0.15, 0.2) is 66.2 Å². The molecule has 1 aliphatic carbocycles. The van der Waals surface area contributed by atoms with E-state index in [1.807, 2.05) is 30.7 Å². The summed E-state index contributed by atoms with van der Waals surface area (Å²) in [6.45, 7) is 8.44. The molecule has 0 amide bonds. The molecular weight excluding hydrogens is 472 g/mol. The van der Waals surface area contributed by atoms with Gasteiger partial charge in [0.05, 0.1) is 28.6 Å². The fraction of sp³-hybridized carbons (Fsp3) is 0.333. The van der Waals surface area contributed by atoms with Crippen LogP contribution in [0.3, 0.4) is 0 Å². The Bertz CT molecular complexity index is 1660. The van der Waals surface area contributed by atoms with E-state index in [0.29, 0.717) is 5.92 Å². The third-order valence-corrected chi connectivity index (χ3v) is 8.13. The van der Waals surface area contributed by atoms with Gasteiger partial charge in [0.1, 0.15) is 16.7 Å². The fourth-order valence-electron chi connectivity index (χ4n) is 5.86. The fourth-order valence-corrected chi connectivity index (χ4v) is 5.86. The van der Waals surface area contributed by atoms with Gasteiger partial charge in [-0.05, 0) is 56.1 Å². The van der Waals surface area contributed by atoms with Gasteiger partial charge in [0.15, 0.2) is 0 Å². The molecule has 1 saturated heterocycles. The van der Waals surface area contributed by atoms with Crippen LogP contribution in [0.2, 0.25) is 0 Å². The minimum Gasteiger partial charge on any atom is -0.368 e. The van der Waals surface area contributed by atoms with Crippen LogP contribution in [0.5, 0.6) is 0 Å². The molecule has 2 N–H and O–H groups in total. The Labute approximate surface area is 221 Å². The molecule has 0 unspecified atom stereocenters. The van der Waals surface area contributed by atoms with Gasteiger partial charge in [-0.2, -0.15) is 0 Å². The second-order valence-corrected chi connectivity index (χ2v) is 10.7. The van der Waals surface area contributed by atoms with Gasteiger partial charge >= 0.3 is 0 Å². The van der Waals surface area contributed by atoms with Crippen LogP contribution in [-0.2, 0) is 0 Å². The number of hydrogen-bond acceptors (Lipinski definition) is 7. The van der Waals surface area contributed by atoms with Crippen molar-refractivity contribution in [1.29, 1.82) is 0 Å². The maximum Gasteiger partial charge on any atom is 0.139 e. The van der Waals surface area contributed by atoms with Crippen LogP contribution in [0.4, 0.5) is 11.4 Å². The highest BCUT2D eigenvalue weighted by Crippen LogP contribution is 2.32. The predicted molar refractivity (Wildman–Crippen MR) is 151 cm³/mol. The van der Waals surface area contributed by atoms with E-state index in [1.54, 1.807) is 0 Å². The van der Waals surface area contributed by atoms with Gasteiger partial charge in [0.25, 0.3) is 0 Å². The maximum atomic E-state index is 5.00. The molecule has 38 heavy (non-hydrogen) atoms. The van der Waals surface area contributed by atoms with Crippen LogP contribution < -0.4 is 20.9 Å². The van der Waals surface area contributed by atoms with Crippen molar-refractivity contribution in [3.05, 3.63) is 77.6 Å². The Balaban J connectivity index is 1.19. The SMILES string of the molecule is C=C(Nc1cncc(-c2ccc3c(n2)=C(c2cc4c(N5CCN(C)CC5)ccnc4[nH]2)N=3)c1)C1CCCC1. The van der Waals surface area contributed by atoms with E-state index in [4.69, 9.17) is 9.98 Å². The lowest BCUT2D eigenvalue weighted by molar-refractivity contribution is 0.313. The van der Waals surface area contributed by atoms with Crippen molar-refractivity contribution in [3.63, 3.8) is 0 Å². The Hall–Kier alpha value is -4.04. The standard InChI is InChI=1S/C30H32N8/c1-19(20-5-3-4-6-20)33-22-15-21(17-31-18-22)24-7-8-25-28(34-24)29(35-25)26-16-23-27(9-10-32-30(23)36-26)38-13-11-37(2)12-14-38/h7-10,15-18,20,33H,1,3-6,11-14H2,2H3,(H,32,36).